The number of carbonyl (C=O) groups excluding carboxylic acids is 1. The Morgan fingerprint density at radius 3 is 2.27 bits per heavy atom. The molecule has 1 heterocycles. The van der Waals surface area contributed by atoms with Crippen LogP contribution in [0.15, 0.2) is 18.3 Å². The van der Waals surface area contributed by atoms with Gasteiger partial charge in [-0.15, -0.1) is 0 Å². The fourth-order valence-corrected chi connectivity index (χ4v) is 1.02. The minimum atomic E-state index is -0.0703. The zero-order chi connectivity index (χ0) is 11.8. The molecule has 0 aliphatic carbocycles. The normalized spacial score (nSPS) is 9.20. The molecule has 0 saturated carbocycles. The van der Waals surface area contributed by atoms with Gasteiger partial charge in [-0.1, -0.05) is 27.7 Å². The molecule has 1 aromatic heterocycles. The van der Waals surface area contributed by atoms with E-state index in [0.717, 1.165) is 11.4 Å². The van der Waals surface area contributed by atoms with Crippen LogP contribution in [0.3, 0.4) is 0 Å². The van der Waals surface area contributed by atoms with Gasteiger partial charge in [-0.25, -0.2) is 0 Å². The van der Waals surface area contributed by atoms with Gasteiger partial charge in [0.1, 0.15) is 0 Å². The van der Waals surface area contributed by atoms with E-state index in [2.05, 4.69) is 24.1 Å². The molecule has 1 N–H and O–H groups in total. The molecule has 0 radical (unpaired) electrons. The predicted molar refractivity (Wildman–Crippen MR) is 64.0 cm³/mol. The summed E-state index contributed by atoms with van der Waals surface area (Å²) in [4.78, 5) is 14.9. The molecule has 0 aliphatic heterocycles. The summed E-state index contributed by atoms with van der Waals surface area (Å²) in [6, 6.07) is 3.79. The van der Waals surface area contributed by atoms with Gasteiger partial charge in [0.2, 0.25) is 5.91 Å². The molecular weight excluding hydrogens is 188 g/mol. The second kappa shape index (κ2) is 6.98. The number of nitrogens with zero attached hydrogens (tertiary/aromatic N) is 1. The first kappa shape index (κ1) is 13.6. The summed E-state index contributed by atoms with van der Waals surface area (Å²) in [6.07, 6.45) is 1.68. The lowest BCUT2D eigenvalue weighted by Crippen LogP contribution is -2.06. The Balaban J connectivity index is 0.000000921. The maximum Gasteiger partial charge on any atom is 0.221 e. The highest BCUT2D eigenvalue weighted by atomic mass is 16.1. The molecule has 1 rings (SSSR count). The molecule has 0 bridgehead atoms. The van der Waals surface area contributed by atoms with Crippen molar-refractivity contribution in [3.63, 3.8) is 0 Å². The Labute approximate surface area is 91.9 Å². The highest BCUT2D eigenvalue weighted by Crippen LogP contribution is 2.13. The maximum atomic E-state index is 10.7. The van der Waals surface area contributed by atoms with E-state index in [9.17, 15) is 4.79 Å². The number of nitrogens with one attached hydrogen (secondary N) is 1. The van der Waals surface area contributed by atoms with Crippen LogP contribution in [-0.2, 0) is 4.79 Å². The van der Waals surface area contributed by atoms with Crippen molar-refractivity contribution < 1.29 is 4.79 Å². The molecule has 0 aliphatic rings. The summed E-state index contributed by atoms with van der Waals surface area (Å²) in [7, 11) is 0. The fraction of sp³-hybridized carbons (Fsp3) is 0.500. The third-order valence-electron chi connectivity index (χ3n) is 1.70. The number of aromatic nitrogens is 1. The van der Waals surface area contributed by atoms with Crippen molar-refractivity contribution in [3.8, 4) is 0 Å². The lowest BCUT2D eigenvalue weighted by molar-refractivity contribution is -0.114. The van der Waals surface area contributed by atoms with E-state index in [1.165, 1.54) is 6.92 Å². The average Bonchev–Trinajstić information content (AvgIpc) is 2.20. The van der Waals surface area contributed by atoms with Crippen LogP contribution in [0.4, 0.5) is 5.69 Å². The van der Waals surface area contributed by atoms with Crippen molar-refractivity contribution in [1.82, 2.24) is 4.98 Å². The van der Waals surface area contributed by atoms with E-state index in [4.69, 9.17) is 0 Å². The Morgan fingerprint density at radius 1 is 1.33 bits per heavy atom. The van der Waals surface area contributed by atoms with Crippen molar-refractivity contribution >= 4 is 11.6 Å². The van der Waals surface area contributed by atoms with Gasteiger partial charge in [-0.3, -0.25) is 9.78 Å². The second-order valence-corrected chi connectivity index (χ2v) is 3.31. The molecule has 3 heteroatoms. The van der Waals surface area contributed by atoms with E-state index >= 15 is 0 Å². The lowest BCUT2D eigenvalue weighted by Gasteiger charge is -2.05. The smallest absolute Gasteiger partial charge is 0.221 e. The van der Waals surface area contributed by atoms with Crippen LogP contribution in [0.2, 0.25) is 0 Å². The van der Waals surface area contributed by atoms with E-state index in [0.29, 0.717) is 5.92 Å². The second-order valence-electron chi connectivity index (χ2n) is 3.31. The van der Waals surface area contributed by atoms with E-state index < -0.39 is 0 Å². The molecule has 0 saturated heterocycles. The van der Waals surface area contributed by atoms with Crippen LogP contribution >= 0.6 is 0 Å². The Bertz CT molecular complexity index is 291. The number of rotatable bonds is 2. The van der Waals surface area contributed by atoms with Crippen molar-refractivity contribution in [2.75, 3.05) is 5.32 Å². The summed E-state index contributed by atoms with van der Waals surface area (Å²) < 4.78 is 0. The summed E-state index contributed by atoms with van der Waals surface area (Å²) in [5, 5.41) is 2.67. The Hall–Kier alpha value is -1.38. The first-order valence-corrected chi connectivity index (χ1v) is 5.33. The van der Waals surface area contributed by atoms with Gasteiger partial charge >= 0.3 is 0 Å². The third-order valence-corrected chi connectivity index (χ3v) is 1.70. The first-order valence-electron chi connectivity index (χ1n) is 5.33. The molecule has 84 valence electrons. The van der Waals surface area contributed by atoms with Crippen LogP contribution < -0.4 is 5.32 Å². The summed E-state index contributed by atoms with van der Waals surface area (Å²) in [5.41, 5.74) is 1.78. The molecule has 15 heavy (non-hydrogen) atoms. The van der Waals surface area contributed by atoms with Gasteiger partial charge in [0, 0.05) is 12.6 Å². The standard InChI is InChI=1S/C10H14N2O.C2H6/c1-7(2)10-5-4-9(6-11-10)12-8(3)13;1-2/h4-7H,1-3H3,(H,12,13);1-2H3. The molecule has 1 amide bonds. The Kier molecular flexibility index (Phi) is 6.34. The minimum absolute atomic E-state index is 0.0703. The van der Waals surface area contributed by atoms with E-state index in [1.54, 1.807) is 6.20 Å². The largest absolute Gasteiger partial charge is 0.325 e. The highest BCUT2D eigenvalue weighted by molar-refractivity contribution is 5.88. The van der Waals surface area contributed by atoms with E-state index in [-0.39, 0.29) is 5.91 Å². The van der Waals surface area contributed by atoms with Gasteiger partial charge in [0.25, 0.3) is 0 Å². The first-order chi connectivity index (χ1) is 7.09. The zero-order valence-corrected chi connectivity index (χ0v) is 10.2. The number of anilines is 1. The number of carbonyl (C=O) groups is 1. The van der Waals surface area contributed by atoms with Gasteiger partial charge in [0.05, 0.1) is 11.9 Å². The minimum Gasteiger partial charge on any atom is -0.325 e. The summed E-state index contributed by atoms with van der Waals surface area (Å²) in [5.74, 6) is 0.352. The van der Waals surface area contributed by atoms with Gasteiger partial charge in [0.15, 0.2) is 0 Å². The summed E-state index contributed by atoms with van der Waals surface area (Å²) in [6.45, 7) is 9.65. The fourth-order valence-electron chi connectivity index (χ4n) is 1.02. The molecule has 0 unspecified atom stereocenters. The monoisotopic (exact) mass is 208 g/mol. The van der Waals surface area contributed by atoms with Crippen molar-refractivity contribution in [2.45, 2.75) is 40.5 Å². The third kappa shape index (κ3) is 5.15. The average molecular weight is 208 g/mol. The van der Waals surface area contributed by atoms with Crippen LogP contribution in [-0.4, -0.2) is 10.9 Å². The van der Waals surface area contributed by atoms with Gasteiger partial charge in [-0.2, -0.15) is 0 Å². The molecule has 0 fully saturated rings. The number of hydrogen-bond donors (Lipinski definition) is 1. The molecular formula is C12H20N2O. The maximum absolute atomic E-state index is 10.7. The van der Waals surface area contributed by atoms with Crippen molar-refractivity contribution in [1.29, 1.82) is 0 Å². The molecule has 0 atom stereocenters. The van der Waals surface area contributed by atoms with Crippen LogP contribution in [0.1, 0.15) is 46.2 Å². The molecule has 1 aromatic rings. The molecule has 0 aromatic carbocycles. The zero-order valence-electron chi connectivity index (χ0n) is 10.2. The van der Waals surface area contributed by atoms with E-state index in [1.807, 2.05) is 26.0 Å². The van der Waals surface area contributed by atoms with Crippen LogP contribution in [0, 0.1) is 0 Å². The summed E-state index contributed by atoms with van der Waals surface area (Å²) >= 11 is 0. The van der Waals surface area contributed by atoms with Crippen molar-refractivity contribution in [3.05, 3.63) is 24.0 Å². The van der Waals surface area contributed by atoms with Gasteiger partial charge < -0.3 is 5.32 Å². The topological polar surface area (TPSA) is 42.0 Å². The quantitative estimate of drug-likeness (QED) is 0.811. The number of hydrogen-bond acceptors (Lipinski definition) is 2. The number of pyridine rings is 1. The van der Waals surface area contributed by atoms with Crippen molar-refractivity contribution in [2.24, 2.45) is 0 Å². The molecule has 0 spiro atoms. The van der Waals surface area contributed by atoms with Gasteiger partial charge in [-0.05, 0) is 18.1 Å². The molecule has 3 nitrogen and oxygen atoms in total. The number of amides is 1. The predicted octanol–water partition coefficient (Wildman–Crippen LogP) is 3.19. The van der Waals surface area contributed by atoms with Crippen LogP contribution in [0.25, 0.3) is 0 Å². The SMILES string of the molecule is CC.CC(=O)Nc1ccc(C(C)C)nc1. The lowest BCUT2D eigenvalue weighted by atomic mass is 10.1. The Morgan fingerprint density at radius 2 is 1.93 bits per heavy atom. The highest BCUT2D eigenvalue weighted by Gasteiger charge is 2.00. The van der Waals surface area contributed by atoms with Crippen LogP contribution in [0.5, 0.6) is 0 Å².